The molecule has 0 saturated heterocycles. The summed E-state index contributed by atoms with van der Waals surface area (Å²) in [6.07, 6.45) is 3.36. The smallest absolute Gasteiger partial charge is 0.267 e. The van der Waals surface area contributed by atoms with Gasteiger partial charge in [0.15, 0.2) is 23.3 Å². The molecule has 0 aliphatic heterocycles. The van der Waals surface area contributed by atoms with Crippen molar-refractivity contribution in [3.05, 3.63) is 78.4 Å². The number of hydrogen-bond donors (Lipinski definition) is 0. The van der Waals surface area contributed by atoms with Crippen molar-refractivity contribution in [1.29, 1.82) is 0 Å². The van der Waals surface area contributed by atoms with Gasteiger partial charge in [0.25, 0.3) is 5.91 Å². The third-order valence-electron chi connectivity index (χ3n) is 4.45. The molecule has 0 saturated carbocycles. The molecule has 8 heteroatoms. The van der Waals surface area contributed by atoms with Crippen LogP contribution in [0.2, 0.25) is 0 Å². The van der Waals surface area contributed by atoms with Crippen LogP contribution in [0.4, 0.5) is 9.52 Å². The number of hydrogen-bond acceptors (Lipinski definition) is 6. The maximum absolute atomic E-state index is 13.9. The van der Waals surface area contributed by atoms with E-state index in [0.29, 0.717) is 23.0 Å². The monoisotopic (exact) mass is 437 g/mol. The summed E-state index contributed by atoms with van der Waals surface area (Å²) in [6, 6.07) is 15.4. The van der Waals surface area contributed by atoms with Gasteiger partial charge >= 0.3 is 0 Å². The van der Waals surface area contributed by atoms with Gasteiger partial charge in [0.2, 0.25) is 0 Å². The lowest BCUT2D eigenvalue weighted by Gasteiger charge is -2.20. The van der Waals surface area contributed by atoms with Gasteiger partial charge in [0.1, 0.15) is 11.3 Å². The fourth-order valence-corrected chi connectivity index (χ4v) is 4.01. The van der Waals surface area contributed by atoms with Gasteiger partial charge in [-0.2, -0.15) is 0 Å². The third kappa shape index (κ3) is 4.80. The average Bonchev–Trinajstić information content (AvgIpc) is 3.23. The molecule has 0 bridgehead atoms. The summed E-state index contributed by atoms with van der Waals surface area (Å²) in [7, 11) is 0. The number of ether oxygens (including phenoxy) is 2. The minimum Gasteiger partial charge on any atom is -0.492 e. The van der Waals surface area contributed by atoms with Crippen LogP contribution in [0.5, 0.6) is 11.5 Å². The molecule has 0 spiro atoms. The Morgan fingerprint density at radius 1 is 1.06 bits per heavy atom. The highest BCUT2D eigenvalue weighted by atomic mass is 32.1. The summed E-state index contributed by atoms with van der Waals surface area (Å²) < 4.78 is 25.9. The number of anilines is 1. The number of amides is 1. The molecule has 4 rings (SSSR count). The average molecular weight is 437 g/mol. The van der Waals surface area contributed by atoms with Gasteiger partial charge in [0, 0.05) is 12.4 Å². The number of pyridine rings is 1. The van der Waals surface area contributed by atoms with Crippen molar-refractivity contribution in [3.8, 4) is 11.5 Å². The largest absolute Gasteiger partial charge is 0.492 e. The lowest BCUT2D eigenvalue weighted by molar-refractivity contribution is -0.120. The lowest BCUT2D eigenvalue weighted by Crippen LogP contribution is -2.34. The summed E-state index contributed by atoms with van der Waals surface area (Å²) >= 11 is 1.38. The van der Waals surface area contributed by atoms with E-state index in [1.54, 1.807) is 30.6 Å². The first kappa shape index (κ1) is 20.7. The molecule has 0 aliphatic rings. The Morgan fingerprint density at radius 2 is 1.90 bits per heavy atom. The van der Waals surface area contributed by atoms with Gasteiger partial charge < -0.3 is 9.47 Å². The number of carbonyl (C=O) groups excluding carboxylic acids is 1. The first-order valence-electron chi connectivity index (χ1n) is 9.74. The standard InChI is InChI=1S/C23H20FN3O3S/c1-2-29-19-10-5-11-20-22(19)26-23(31-20)27(14-16-7-6-12-25-13-16)21(28)15-30-18-9-4-3-8-17(18)24/h3-13H,2,14-15H2,1H3. The Labute approximate surface area is 182 Å². The predicted molar refractivity (Wildman–Crippen MR) is 118 cm³/mol. The van der Waals surface area contributed by atoms with Crippen molar-refractivity contribution in [2.75, 3.05) is 18.1 Å². The molecule has 0 N–H and O–H groups in total. The van der Waals surface area contributed by atoms with Crippen LogP contribution < -0.4 is 14.4 Å². The highest BCUT2D eigenvalue weighted by Gasteiger charge is 2.22. The van der Waals surface area contributed by atoms with Crippen LogP contribution in [0, 0.1) is 5.82 Å². The molecule has 1 amide bonds. The summed E-state index contributed by atoms with van der Waals surface area (Å²) in [5.74, 6) is -0.168. The van der Waals surface area contributed by atoms with Gasteiger partial charge in [-0.05, 0) is 42.8 Å². The zero-order chi connectivity index (χ0) is 21.6. The molecule has 158 valence electrons. The van der Waals surface area contributed by atoms with Crippen molar-refractivity contribution in [1.82, 2.24) is 9.97 Å². The summed E-state index contributed by atoms with van der Waals surface area (Å²) in [4.78, 5) is 23.4. The highest BCUT2D eigenvalue weighted by Crippen LogP contribution is 2.35. The maximum Gasteiger partial charge on any atom is 0.267 e. The lowest BCUT2D eigenvalue weighted by atomic mass is 10.2. The minimum absolute atomic E-state index is 0.0279. The van der Waals surface area contributed by atoms with Gasteiger partial charge in [-0.1, -0.05) is 35.6 Å². The van der Waals surface area contributed by atoms with Crippen LogP contribution >= 0.6 is 11.3 Å². The second-order valence-corrected chi connectivity index (χ2v) is 7.60. The summed E-state index contributed by atoms with van der Waals surface area (Å²) in [5, 5.41) is 0.508. The Hall–Kier alpha value is -3.52. The van der Waals surface area contributed by atoms with E-state index in [1.807, 2.05) is 31.2 Å². The van der Waals surface area contributed by atoms with E-state index in [9.17, 15) is 9.18 Å². The van der Waals surface area contributed by atoms with Crippen molar-refractivity contribution in [2.24, 2.45) is 0 Å². The van der Waals surface area contributed by atoms with Crippen molar-refractivity contribution < 1.29 is 18.7 Å². The summed E-state index contributed by atoms with van der Waals surface area (Å²) in [6.45, 7) is 2.36. The molecular weight excluding hydrogens is 417 g/mol. The van der Waals surface area contributed by atoms with Crippen LogP contribution in [0.3, 0.4) is 0 Å². The van der Waals surface area contributed by atoms with Gasteiger partial charge in [-0.3, -0.25) is 14.7 Å². The number of rotatable bonds is 8. The van der Waals surface area contributed by atoms with Crippen LogP contribution in [-0.4, -0.2) is 29.1 Å². The van der Waals surface area contributed by atoms with Crippen molar-refractivity contribution in [3.63, 3.8) is 0 Å². The Bertz CT molecular complexity index is 1180. The number of benzene rings is 2. The topological polar surface area (TPSA) is 64.5 Å². The van der Waals surface area contributed by atoms with E-state index in [-0.39, 0.29) is 24.8 Å². The SMILES string of the molecule is CCOc1cccc2sc(N(Cc3cccnc3)C(=O)COc3ccccc3F)nc12. The molecule has 6 nitrogen and oxygen atoms in total. The second-order valence-electron chi connectivity index (χ2n) is 6.59. The molecule has 0 unspecified atom stereocenters. The number of fused-ring (bicyclic) bond motifs is 1. The molecule has 0 fully saturated rings. The Morgan fingerprint density at radius 3 is 2.68 bits per heavy atom. The highest BCUT2D eigenvalue weighted by molar-refractivity contribution is 7.22. The fourth-order valence-electron chi connectivity index (χ4n) is 3.01. The van der Waals surface area contributed by atoms with Crippen LogP contribution in [-0.2, 0) is 11.3 Å². The molecule has 4 aromatic rings. The number of thiazole rings is 1. The fraction of sp³-hybridized carbons (Fsp3) is 0.174. The normalized spacial score (nSPS) is 10.8. The number of aromatic nitrogens is 2. The molecule has 0 aliphatic carbocycles. The Kier molecular flexibility index (Phi) is 6.37. The maximum atomic E-state index is 13.9. The first-order valence-corrected chi connectivity index (χ1v) is 10.6. The van der Waals surface area contributed by atoms with Crippen LogP contribution in [0.15, 0.2) is 67.0 Å². The molecule has 31 heavy (non-hydrogen) atoms. The van der Waals surface area contributed by atoms with E-state index < -0.39 is 5.82 Å². The van der Waals surface area contributed by atoms with E-state index >= 15 is 0 Å². The third-order valence-corrected chi connectivity index (χ3v) is 5.50. The second kappa shape index (κ2) is 9.53. The Balaban J connectivity index is 1.64. The minimum atomic E-state index is -0.518. The molecular formula is C23H20FN3O3S. The van der Waals surface area contributed by atoms with Crippen LogP contribution in [0.25, 0.3) is 10.2 Å². The molecule has 2 heterocycles. The number of halogens is 1. The van der Waals surface area contributed by atoms with E-state index in [1.165, 1.54) is 28.4 Å². The van der Waals surface area contributed by atoms with Crippen LogP contribution in [0.1, 0.15) is 12.5 Å². The van der Waals surface area contributed by atoms with E-state index in [4.69, 9.17) is 9.47 Å². The molecule has 0 atom stereocenters. The number of nitrogens with zero attached hydrogens (tertiary/aromatic N) is 3. The zero-order valence-corrected chi connectivity index (χ0v) is 17.6. The first-order chi connectivity index (χ1) is 15.2. The van der Waals surface area contributed by atoms with Gasteiger partial charge in [0.05, 0.1) is 17.9 Å². The number of para-hydroxylation sites is 2. The molecule has 2 aromatic carbocycles. The quantitative estimate of drug-likeness (QED) is 0.395. The van der Waals surface area contributed by atoms with Crippen molar-refractivity contribution in [2.45, 2.75) is 13.5 Å². The zero-order valence-electron chi connectivity index (χ0n) is 16.8. The van der Waals surface area contributed by atoms with Crippen molar-refractivity contribution >= 4 is 32.6 Å². The molecule has 0 radical (unpaired) electrons. The number of carbonyl (C=O) groups is 1. The van der Waals surface area contributed by atoms with Gasteiger partial charge in [-0.15, -0.1) is 0 Å². The summed E-state index contributed by atoms with van der Waals surface area (Å²) in [5.41, 5.74) is 1.54. The predicted octanol–water partition coefficient (Wildman–Crippen LogP) is 4.84. The molecule has 2 aromatic heterocycles. The van der Waals surface area contributed by atoms with Gasteiger partial charge in [-0.25, -0.2) is 9.37 Å². The van der Waals surface area contributed by atoms with E-state index in [0.717, 1.165) is 10.3 Å². The van der Waals surface area contributed by atoms with E-state index in [2.05, 4.69) is 9.97 Å².